The van der Waals surface area contributed by atoms with Gasteiger partial charge < -0.3 is 25.3 Å². The number of thiocarbonyl (C=S) groups is 1. The molecule has 9 heteroatoms. The second kappa shape index (κ2) is 9.78. The number of benzene rings is 1. The average Bonchev–Trinajstić information content (AvgIpc) is 3.25. The highest BCUT2D eigenvalue weighted by Gasteiger charge is 2.43. The fraction of sp³-hybridized carbons (Fsp3) is 0.292. The van der Waals surface area contributed by atoms with Crippen LogP contribution in [0.3, 0.4) is 0 Å². The summed E-state index contributed by atoms with van der Waals surface area (Å²) in [5.74, 6) is -0.187. The fourth-order valence-electron chi connectivity index (χ4n) is 4.30. The number of pyridine rings is 1. The van der Waals surface area contributed by atoms with Crippen LogP contribution in [0.5, 0.6) is 0 Å². The number of aromatic nitrogens is 2. The van der Waals surface area contributed by atoms with E-state index in [1.165, 1.54) is 16.2 Å². The van der Waals surface area contributed by atoms with Gasteiger partial charge in [0.1, 0.15) is 6.61 Å². The lowest BCUT2D eigenvalue weighted by atomic mass is 9.96. The van der Waals surface area contributed by atoms with Gasteiger partial charge in [0.2, 0.25) is 5.91 Å². The SMILES string of the molecule is COCC(=O)Nc1ccc(N2C(=S)NC(c3ccccn3)C2c2c(C)[nH]c(C)c2I)cc1C. The zero-order chi connectivity index (χ0) is 23.7. The number of halogens is 1. The largest absolute Gasteiger partial charge is 0.375 e. The summed E-state index contributed by atoms with van der Waals surface area (Å²) in [7, 11) is 1.50. The second-order valence-electron chi connectivity index (χ2n) is 8.08. The molecule has 0 aliphatic carbocycles. The Kier molecular flexibility index (Phi) is 7.01. The molecule has 0 spiro atoms. The van der Waals surface area contributed by atoms with Crippen molar-refractivity contribution >= 4 is 57.2 Å². The Morgan fingerprint density at radius 2 is 2.03 bits per heavy atom. The molecule has 7 nitrogen and oxygen atoms in total. The number of amides is 1. The van der Waals surface area contributed by atoms with E-state index in [9.17, 15) is 4.79 Å². The number of aromatic amines is 1. The van der Waals surface area contributed by atoms with E-state index in [0.717, 1.165) is 34.0 Å². The Labute approximate surface area is 212 Å². The summed E-state index contributed by atoms with van der Waals surface area (Å²) >= 11 is 8.24. The molecule has 2 aromatic heterocycles. The van der Waals surface area contributed by atoms with Gasteiger partial charge in [-0.05, 0) is 91.5 Å². The molecule has 172 valence electrons. The number of hydrogen-bond acceptors (Lipinski definition) is 4. The van der Waals surface area contributed by atoms with E-state index >= 15 is 0 Å². The van der Waals surface area contributed by atoms with Crippen molar-refractivity contribution in [3.05, 3.63) is 74.4 Å². The maximum absolute atomic E-state index is 12.0. The van der Waals surface area contributed by atoms with Crippen molar-refractivity contribution in [3.8, 4) is 0 Å². The Hall–Kier alpha value is -2.50. The number of H-pyrrole nitrogens is 1. The van der Waals surface area contributed by atoms with Gasteiger partial charge in [0.05, 0.1) is 17.8 Å². The average molecular weight is 575 g/mol. The Bertz CT molecular complexity index is 1200. The number of aryl methyl sites for hydroxylation is 3. The predicted octanol–water partition coefficient (Wildman–Crippen LogP) is 4.70. The summed E-state index contributed by atoms with van der Waals surface area (Å²) in [5.41, 5.74) is 7.02. The number of rotatable bonds is 6. The van der Waals surface area contributed by atoms with Crippen molar-refractivity contribution < 1.29 is 9.53 Å². The first-order valence-corrected chi connectivity index (χ1v) is 12.0. The fourth-order valence-corrected chi connectivity index (χ4v) is 5.51. The number of carbonyl (C=O) groups excluding carboxylic acids is 1. The molecule has 0 radical (unpaired) electrons. The van der Waals surface area contributed by atoms with E-state index in [4.69, 9.17) is 17.0 Å². The van der Waals surface area contributed by atoms with Crippen LogP contribution in [0.15, 0.2) is 42.6 Å². The quantitative estimate of drug-likeness (QED) is 0.292. The van der Waals surface area contributed by atoms with Crippen LogP contribution in [-0.2, 0) is 9.53 Å². The van der Waals surface area contributed by atoms with Gasteiger partial charge in [0, 0.05) is 45.2 Å². The molecule has 2 unspecified atom stereocenters. The van der Waals surface area contributed by atoms with E-state index in [-0.39, 0.29) is 24.6 Å². The molecule has 3 N–H and O–H groups in total. The van der Waals surface area contributed by atoms with Gasteiger partial charge in [-0.15, -0.1) is 0 Å². The van der Waals surface area contributed by atoms with Crippen molar-refractivity contribution in [3.63, 3.8) is 0 Å². The minimum absolute atomic E-state index is 0.0136. The minimum Gasteiger partial charge on any atom is -0.375 e. The second-order valence-corrected chi connectivity index (χ2v) is 9.55. The van der Waals surface area contributed by atoms with Crippen molar-refractivity contribution in [1.82, 2.24) is 15.3 Å². The summed E-state index contributed by atoms with van der Waals surface area (Å²) < 4.78 is 6.11. The van der Waals surface area contributed by atoms with Gasteiger partial charge in [0.15, 0.2) is 5.11 Å². The number of methoxy groups -OCH3 is 1. The van der Waals surface area contributed by atoms with Gasteiger partial charge in [0.25, 0.3) is 0 Å². The van der Waals surface area contributed by atoms with Gasteiger partial charge in [-0.25, -0.2) is 0 Å². The molecule has 0 saturated carbocycles. The van der Waals surface area contributed by atoms with Crippen LogP contribution in [0.2, 0.25) is 0 Å². The Morgan fingerprint density at radius 1 is 1.24 bits per heavy atom. The molecule has 0 bridgehead atoms. The van der Waals surface area contributed by atoms with E-state index in [2.05, 4.69) is 61.9 Å². The number of carbonyl (C=O) groups is 1. The van der Waals surface area contributed by atoms with Gasteiger partial charge >= 0.3 is 0 Å². The van der Waals surface area contributed by atoms with Crippen LogP contribution >= 0.6 is 34.8 Å². The smallest absolute Gasteiger partial charge is 0.250 e. The standard InChI is InChI=1S/C24H26IN5O2S/c1-13-11-16(8-9-17(13)28-19(31)12-32-4)30-23(20-14(2)27-15(3)21(20)25)22(29-24(30)33)18-7-5-6-10-26-18/h5-11,22-23,27H,12H2,1-4H3,(H,28,31)(H,29,33). The topological polar surface area (TPSA) is 82.3 Å². The normalized spacial score (nSPS) is 17.8. The maximum atomic E-state index is 12.0. The zero-order valence-electron chi connectivity index (χ0n) is 18.9. The summed E-state index contributed by atoms with van der Waals surface area (Å²) in [6, 6.07) is 11.7. The molecule has 1 aromatic carbocycles. The van der Waals surface area contributed by atoms with E-state index in [0.29, 0.717) is 5.11 Å². The monoisotopic (exact) mass is 575 g/mol. The number of nitrogens with one attached hydrogen (secondary N) is 3. The van der Waals surface area contributed by atoms with Crippen LogP contribution in [0, 0.1) is 24.3 Å². The lowest BCUT2D eigenvalue weighted by Crippen LogP contribution is -2.30. The van der Waals surface area contributed by atoms with Gasteiger partial charge in [-0.1, -0.05) is 6.07 Å². The van der Waals surface area contributed by atoms with Crippen LogP contribution in [0.4, 0.5) is 11.4 Å². The first kappa shape index (κ1) is 23.7. The molecular formula is C24H26IN5O2S. The third-order valence-electron chi connectivity index (χ3n) is 5.78. The number of anilines is 2. The van der Waals surface area contributed by atoms with E-state index in [1.54, 1.807) is 0 Å². The molecule has 1 fully saturated rings. The number of nitrogens with zero attached hydrogens (tertiary/aromatic N) is 2. The molecule has 1 saturated heterocycles. The first-order chi connectivity index (χ1) is 15.8. The molecule has 2 atom stereocenters. The van der Waals surface area contributed by atoms with Gasteiger partial charge in [-0.2, -0.15) is 0 Å². The third kappa shape index (κ3) is 4.62. The van der Waals surface area contributed by atoms with Crippen LogP contribution in [0.25, 0.3) is 0 Å². The lowest BCUT2D eigenvalue weighted by Gasteiger charge is -2.29. The van der Waals surface area contributed by atoms with E-state index < -0.39 is 0 Å². The maximum Gasteiger partial charge on any atom is 0.250 e. The number of hydrogen-bond donors (Lipinski definition) is 3. The molecule has 1 aliphatic rings. The van der Waals surface area contributed by atoms with Crippen molar-refractivity contribution in [1.29, 1.82) is 0 Å². The molecule has 4 rings (SSSR count). The Balaban J connectivity index is 1.78. The highest BCUT2D eigenvalue weighted by atomic mass is 127. The van der Waals surface area contributed by atoms with Crippen LogP contribution in [-0.4, -0.2) is 34.7 Å². The number of ether oxygens (including phenoxy) is 1. The van der Waals surface area contributed by atoms with Crippen LogP contribution in [0.1, 0.15) is 40.3 Å². The highest BCUT2D eigenvalue weighted by molar-refractivity contribution is 14.1. The molecule has 33 heavy (non-hydrogen) atoms. The zero-order valence-corrected chi connectivity index (χ0v) is 21.9. The summed E-state index contributed by atoms with van der Waals surface area (Å²) in [6.45, 7) is 6.17. The molecular weight excluding hydrogens is 549 g/mol. The highest BCUT2D eigenvalue weighted by Crippen LogP contribution is 2.45. The third-order valence-corrected chi connectivity index (χ3v) is 7.48. The first-order valence-electron chi connectivity index (χ1n) is 10.6. The molecule has 1 aliphatic heterocycles. The molecule has 3 heterocycles. The lowest BCUT2D eigenvalue weighted by molar-refractivity contribution is -0.119. The Morgan fingerprint density at radius 3 is 2.64 bits per heavy atom. The van der Waals surface area contributed by atoms with Gasteiger partial charge in [-0.3, -0.25) is 9.78 Å². The van der Waals surface area contributed by atoms with E-state index in [1.807, 2.05) is 49.5 Å². The van der Waals surface area contributed by atoms with Crippen molar-refractivity contribution in [2.75, 3.05) is 23.9 Å². The minimum atomic E-state index is -0.187. The van der Waals surface area contributed by atoms with Crippen LogP contribution < -0.4 is 15.5 Å². The predicted molar refractivity (Wildman–Crippen MR) is 143 cm³/mol. The molecule has 1 amide bonds. The van der Waals surface area contributed by atoms with Crippen molar-refractivity contribution in [2.45, 2.75) is 32.9 Å². The van der Waals surface area contributed by atoms with Crippen molar-refractivity contribution in [2.24, 2.45) is 0 Å². The summed E-state index contributed by atoms with van der Waals surface area (Å²) in [6.07, 6.45) is 1.81. The summed E-state index contributed by atoms with van der Waals surface area (Å²) in [4.78, 5) is 22.2. The summed E-state index contributed by atoms with van der Waals surface area (Å²) in [5, 5.41) is 7.04. The molecule has 3 aromatic rings.